The molecule has 134 valence electrons. The number of ether oxygens (including phenoxy) is 1. The molecule has 0 aliphatic carbocycles. The molecule has 0 atom stereocenters. The first-order valence-electron chi connectivity index (χ1n) is 7.84. The van der Waals surface area contributed by atoms with E-state index in [1.54, 1.807) is 12.1 Å². The maximum absolute atomic E-state index is 12.2. The molecule has 0 bridgehead atoms. The minimum Gasteiger partial charge on any atom is -0.481 e. The van der Waals surface area contributed by atoms with Crippen LogP contribution in [0.1, 0.15) is 23.4 Å². The maximum Gasteiger partial charge on any atom is 0.387 e. The normalized spacial score (nSPS) is 11.9. The van der Waals surface area contributed by atoms with Crippen LogP contribution in [0.25, 0.3) is 21.9 Å². The van der Waals surface area contributed by atoms with Crippen LogP contribution in [-0.4, -0.2) is 22.7 Å². The minimum absolute atomic E-state index is 0.0195. The standard InChI is InChI=1S/C19H15F2NO3S/c20-19(21)25-14-8-5-12(6-9-14)11-13(7-10-17(23)24)18-22-15-3-1-2-4-16(15)26-18/h1-6,8-9,11,19H,7,10H2,(H,23,24)/b13-11-. The molecule has 0 fully saturated rings. The van der Waals surface area contributed by atoms with Gasteiger partial charge in [-0.25, -0.2) is 4.98 Å². The lowest BCUT2D eigenvalue weighted by atomic mass is 10.1. The molecule has 0 saturated carbocycles. The Labute approximate surface area is 152 Å². The van der Waals surface area contributed by atoms with Crippen molar-refractivity contribution in [3.63, 3.8) is 0 Å². The Morgan fingerprint density at radius 1 is 1.15 bits per heavy atom. The zero-order valence-electron chi connectivity index (χ0n) is 13.6. The molecule has 0 unspecified atom stereocenters. The fourth-order valence-corrected chi connectivity index (χ4v) is 3.45. The summed E-state index contributed by atoms with van der Waals surface area (Å²) < 4.78 is 29.8. The third-order valence-corrected chi connectivity index (χ3v) is 4.73. The number of hydrogen-bond acceptors (Lipinski definition) is 4. The molecule has 4 nitrogen and oxygen atoms in total. The monoisotopic (exact) mass is 375 g/mol. The number of carbonyl (C=O) groups is 1. The number of benzene rings is 2. The van der Waals surface area contributed by atoms with E-state index in [1.807, 2.05) is 30.3 Å². The first-order chi connectivity index (χ1) is 12.5. The van der Waals surface area contributed by atoms with Crippen molar-refractivity contribution in [2.24, 2.45) is 0 Å². The van der Waals surface area contributed by atoms with Gasteiger partial charge in [0, 0.05) is 6.42 Å². The van der Waals surface area contributed by atoms with Gasteiger partial charge < -0.3 is 9.84 Å². The van der Waals surface area contributed by atoms with Gasteiger partial charge in [-0.05, 0) is 47.9 Å². The van der Waals surface area contributed by atoms with Crippen LogP contribution in [0.15, 0.2) is 48.5 Å². The van der Waals surface area contributed by atoms with E-state index in [9.17, 15) is 13.6 Å². The van der Waals surface area contributed by atoms with Gasteiger partial charge in [0.1, 0.15) is 10.8 Å². The van der Waals surface area contributed by atoms with Gasteiger partial charge in [-0.1, -0.05) is 24.3 Å². The van der Waals surface area contributed by atoms with Gasteiger partial charge in [-0.3, -0.25) is 4.79 Å². The van der Waals surface area contributed by atoms with Gasteiger partial charge in [-0.15, -0.1) is 11.3 Å². The Balaban J connectivity index is 1.92. The number of rotatable bonds is 7. The summed E-state index contributed by atoms with van der Waals surface area (Å²) in [7, 11) is 0. The number of carboxylic acids is 1. The first-order valence-corrected chi connectivity index (χ1v) is 8.66. The number of aliphatic carboxylic acids is 1. The van der Waals surface area contributed by atoms with Crippen LogP contribution in [0, 0.1) is 0 Å². The van der Waals surface area contributed by atoms with E-state index < -0.39 is 12.6 Å². The van der Waals surface area contributed by atoms with Gasteiger partial charge in [0.2, 0.25) is 0 Å². The molecule has 0 aliphatic heterocycles. The van der Waals surface area contributed by atoms with E-state index in [0.29, 0.717) is 6.42 Å². The molecule has 1 N–H and O–H groups in total. The summed E-state index contributed by atoms with van der Waals surface area (Å²) in [6.07, 6.45) is 2.13. The van der Waals surface area contributed by atoms with Crippen LogP contribution in [0.5, 0.6) is 5.75 Å². The molecule has 0 saturated heterocycles. The SMILES string of the molecule is O=C(O)CC/C(=C/c1ccc(OC(F)F)cc1)c1nc2ccccc2s1. The second-order valence-electron chi connectivity index (χ2n) is 5.50. The number of alkyl halides is 2. The highest BCUT2D eigenvalue weighted by Gasteiger charge is 2.11. The molecular weight excluding hydrogens is 360 g/mol. The van der Waals surface area contributed by atoms with Gasteiger partial charge in [0.25, 0.3) is 0 Å². The summed E-state index contributed by atoms with van der Waals surface area (Å²) >= 11 is 1.49. The van der Waals surface area contributed by atoms with Gasteiger partial charge in [0.05, 0.1) is 10.2 Å². The highest BCUT2D eigenvalue weighted by atomic mass is 32.1. The quantitative estimate of drug-likeness (QED) is 0.608. The van der Waals surface area contributed by atoms with Crippen LogP contribution >= 0.6 is 11.3 Å². The molecule has 7 heteroatoms. The number of halogens is 2. The minimum atomic E-state index is -2.87. The molecule has 0 aliphatic rings. The second-order valence-corrected chi connectivity index (χ2v) is 6.53. The van der Waals surface area contributed by atoms with Crippen LogP contribution in [-0.2, 0) is 4.79 Å². The van der Waals surface area contributed by atoms with Gasteiger partial charge >= 0.3 is 12.6 Å². The average Bonchev–Trinajstić information content (AvgIpc) is 3.03. The summed E-state index contributed by atoms with van der Waals surface area (Å²) in [6.45, 7) is -2.87. The molecule has 3 aromatic rings. The van der Waals surface area contributed by atoms with Gasteiger partial charge in [0.15, 0.2) is 0 Å². The largest absolute Gasteiger partial charge is 0.481 e. The first kappa shape index (κ1) is 18.0. The zero-order chi connectivity index (χ0) is 18.5. The molecule has 3 rings (SSSR count). The summed E-state index contributed by atoms with van der Waals surface area (Å²) in [5, 5.41) is 9.75. The Morgan fingerprint density at radius 3 is 2.54 bits per heavy atom. The fourth-order valence-electron chi connectivity index (χ4n) is 2.44. The summed E-state index contributed by atoms with van der Waals surface area (Å²) in [4.78, 5) is 15.6. The Hall–Kier alpha value is -2.80. The second kappa shape index (κ2) is 8.05. The van der Waals surface area contributed by atoms with Crippen molar-refractivity contribution in [1.82, 2.24) is 4.98 Å². The van der Waals surface area contributed by atoms with Gasteiger partial charge in [-0.2, -0.15) is 8.78 Å². The predicted molar refractivity (Wildman–Crippen MR) is 97.4 cm³/mol. The number of nitrogens with zero attached hydrogens (tertiary/aromatic N) is 1. The van der Waals surface area contributed by atoms with E-state index >= 15 is 0 Å². The van der Waals surface area contributed by atoms with Crippen LogP contribution in [0.2, 0.25) is 0 Å². The molecule has 2 aromatic carbocycles. The molecule has 26 heavy (non-hydrogen) atoms. The van der Waals surface area contributed by atoms with E-state index in [4.69, 9.17) is 5.11 Å². The fraction of sp³-hybridized carbons (Fsp3) is 0.158. The number of fused-ring (bicyclic) bond motifs is 1. The lowest BCUT2D eigenvalue weighted by Gasteiger charge is -2.06. The van der Waals surface area contributed by atoms with Crippen LogP contribution < -0.4 is 4.74 Å². The Kier molecular flexibility index (Phi) is 5.58. The summed E-state index contributed by atoms with van der Waals surface area (Å²) in [6, 6.07) is 13.9. The highest BCUT2D eigenvalue weighted by molar-refractivity contribution is 7.19. The van der Waals surface area contributed by atoms with Crippen molar-refractivity contribution in [1.29, 1.82) is 0 Å². The molecule has 0 radical (unpaired) electrons. The topological polar surface area (TPSA) is 59.4 Å². The van der Waals surface area contributed by atoms with Crippen molar-refractivity contribution in [2.45, 2.75) is 19.5 Å². The Bertz CT molecular complexity index is 902. The van der Waals surface area contributed by atoms with E-state index in [-0.39, 0.29) is 12.2 Å². The van der Waals surface area contributed by atoms with E-state index in [0.717, 1.165) is 26.4 Å². The maximum atomic E-state index is 12.2. The molecule has 0 spiro atoms. The third kappa shape index (κ3) is 4.64. The van der Waals surface area contributed by atoms with Crippen LogP contribution in [0.4, 0.5) is 8.78 Å². The molecular formula is C19H15F2NO3S. The lowest BCUT2D eigenvalue weighted by molar-refractivity contribution is -0.136. The zero-order valence-corrected chi connectivity index (χ0v) is 14.4. The number of allylic oxidation sites excluding steroid dienone is 1. The van der Waals surface area contributed by atoms with Crippen molar-refractivity contribution < 1.29 is 23.4 Å². The highest BCUT2D eigenvalue weighted by Crippen LogP contribution is 2.31. The number of para-hydroxylation sites is 1. The average molecular weight is 375 g/mol. The number of thiazole rings is 1. The third-order valence-electron chi connectivity index (χ3n) is 3.62. The number of aromatic nitrogens is 1. The lowest BCUT2D eigenvalue weighted by Crippen LogP contribution is -2.01. The summed E-state index contributed by atoms with van der Waals surface area (Å²) in [5.41, 5.74) is 2.40. The summed E-state index contributed by atoms with van der Waals surface area (Å²) in [5.74, 6) is -0.818. The van der Waals surface area contributed by atoms with Crippen molar-refractivity contribution in [2.75, 3.05) is 0 Å². The van der Waals surface area contributed by atoms with Crippen molar-refractivity contribution in [3.8, 4) is 5.75 Å². The Morgan fingerprint density at radius 2 is 1.88 bits per heavy atom. The molecule has 1 aromatic heterocycles. The number of carboxylic acid groups (broad SMARTS) is 1. The molecule has 1 heterocycles. The number of hydrogen-bond donors (Lipinski definition) is 1. The van der Waals surface area contributed by atoms with Crippen LogP contribution in [0.3, 0.4) is 0 Å². The van der Waals surface area contributed by atoms with E-state index in [2.05, 4.69) is 9.72 Å². The smallest absolute Gasteiger partial charge is 0.387 e. The molecule has 0 amide bonds. The van der Waals surface area contributed by atoms with Crippen molar-refractivity contribution in [3.05, 3.63) is 59.1 Å². The van der Waals surface area contributed by atoms with Crippen molar-refractivity contribution >= 4 is 39.2 Å². The predicted octanol–water partition coefficient (Wildman–Crippen LogP) is 5.30. The van der Waals surface area contributed by atoms with E-state index in [1.165, 1.54) is 23.5 Å².